The second kappa shape index (κ2) is 12.9. The summed E-state index contributed by atoms with van der Waals surface area (Å²) in [6.45, 7) is 2.66. The fourth-order valence-corrected chi connectivity index (χ4v) is 5.55. The number of amides is 1. The maximum absolute atomic E-state index is 12.8. The minimum absolute atomic E-state index is 0.0656. The lowest BCUT2D eigenvalue weighted by Crippen LogP contribution is -2.31. The SMILES string of the molecule is CN1Cc2c(Cl)cc(Cl)cc2C(c2cccc(S(=O)(=O)NCCOCCOCCNC(=O)O)c2)C1. The highest BCUT2D eigenvalue weighted by Crippen LogP contribution is 2.38. The van der Waals surface area contributed by atoms with Crippen molar-refractivity contribution in [2.75, 3.05) is 53.1 Å². The molecule has 3 rings (SSSR count). The summed E-state index contributed by atoms with van der Waals surface area (Å²) in [5.74, 6) is -0.0656. The second-order valence-electron chi connectivity index (χ2n) is 8.13. The smallest absolute Gasteiger partial charge is 0.404 e. The number of rotatable bonds is 12. The third-order valence-electron chi connectivity index (χ3n) is 5.50. The van der Waals surface area contributed by atoms with E-state index >= 15 is 0 Å². The van der Waals surface area contributed by atoms with Crippen molar-refractivity contribution in [1.29, 1.82) is 0 Å². The van der Waals surface area contributed by atoms with Gasteiger partial charge in [-0.25, -0.2) is 17.9 Å². The van der Waals surface area contributed by atoms with Crippen LogP contribution in [0.5, 0.6) is 0 Å². The highest BCUT2D eigenvalue weighted by Gasteiger charge is 2.28. The van der Waals surface area contributed by atoms with Crippen LogP contribution in [-0.4, -0.2) is 77.6 Å². The van der Waals surface area contributed by atoms with Crippen molar-refractivity contribution in [2.24, 2.45) is 0 Å². The lowest BCUT2D eigenvalue weighted by molar-refractivity contribution is 0.0511. The van der Waals surface area contributed by atoms with Crippen molar-refractivity contribution in [1.82, 2.24) is 14.9 Å². The van der Waals surface area contributed by atoms with E-state index in [1.165, 1.54) is 0 Å². The molecule has 192 valence electrons. The largest absolute Gasteiger partial charge is 0.465 e. The number of fused-ring (bicyclic) bond motifs is 1. The van der Waals surface area contributed by atoms with Gasteiger partial charge in [-0.2, -0.15) is 0 Å². The third kappa shape index (κ3) is 8.04. The molecule has 2 aromatic carbocycles. The van der Waals surface area contributed by atoms with Gasteiger partial charge >= 0.3 is 6.09 Å². The van der Waals surface area contributed by atoms with Crippen molar-refractivity contribution < 1.29 is 27.8 Å². The number of likely N-dealkylation sites (N-methyl/N-ethyl adjacent to an activating group) is 1. The van der Waals surface area contributed by atoms with E-state index in [0.29, 0.717) is 23.1 Å². The van der Waals surface area contributed by atoms with Gasteiger partial charge in [0.25, 0.3) is 0 Å². The Kier molecular flexibility index (Phi) is 10.2. The lowest BCUT2D eigenvalue weighted by atomic mass is 9.85. The standard InChI is InChI=1S/C23H29Cl2N3O6S/c1-28-14-20(19-12-17(24)13-22(25)21(19)15-28)16-3-2-4-18(11-16)35(31,32)27-6-8-34-10-9-33-7-5-26-23(29)30/h2-4,11-13,20,26-27H,5-10,14-15H2,1H3,(H,29,30). The van der Waals surface area contributed by atoms with Gasteiger partial charge in [-0.1, -0.05) is 35.3 Å². The maximum Gasteiger partial charge on any atom is 0.404 e. The van der Waals surface area contributed by atoms with Gasteiger partial charge in [0.15, 0.2) is 0 Å². The molecule has 1 amide bonds. The predicted molar refractivity (Wildman–Crippen MR) is 134 cm³/mol. The van der Waals surface area contributed by atoms with Crippen LogP contribution in [0.3, 0.4) is 0 Å². The minimum atomic E-state index is -3.73. The zero-order chi connectivity index (χ0) is 25.4. The van der Waals surface area contributed by atoms with Crippen molar-refractivity contribution in [3.05, 3.63) is 63.1 Å². The van der Waals surface area contributed by atoms with Crippen molar-refractivity contribution in [2.45, 2.75) is 17.4 Å². The molecule has 0 fully saturated rings. The van der Waals surface area contributed by atoms with E-state index in [9.17, 15) is 13.2 Å². The van der Waals surface area contributed by atoms with Gasteiger partial charge in [0.2, 0.25) is 10.0 Å². The monoisotopic (exact) mass is 545 g/mol. The fraction of sp³-hybridized carbons (Fsp3) is 0.435. The van der Waals surface area contributed by atoms with Gasteiger partial charge in [0.1, 0.15) is 0 Å². The number of hydrogen-bond donors (Lipinski definition) is 3. The first kappa shape index (κ1) is 27.7. The van der Waals surface area contributed by atoms with Crippen LogP contribution in [0.2, 0.25) is 10.0 Å². The Labute approximate surface area is 215 Å². The molecule has 0 saturated heterocycles. The summed E-state index contributed by atoms with van der Waals surface area (Å²) in [6.07, 6.45) is -1.10. The number of benzene rings is 2. The topological polar surface area (TPSA) is 117 Å². The Hall–Kier alpha value is -1.92. The quantitative estimate of drug-likeness (QED) is 0.350. The van der Waals surface area contributed by atoms with E-state index in [1.807, 2.05) is 19.2 Å². The number of carboxylic acid groups (broad SMARTS) is 1. The molecule has 0 saturated carbocycles. The van der Waals surface area contributed by atoms with Crippen molar-refractivity contribution in [3.63, 3.8) is 0 Å². The lowest BCUT2D eigenvalue weighted by Gasteiger charge is -2.33. The van der Waals surface area contributed by atoms with Crippen LogP contribution in [0, 0.1) is 0 Å². The molecule has 1 unspecified atom stereocenters. The molecule has 1 heterocycles. The highest BCUT2D eigenvalue weighted by atomic mass is 35.5. The number of carbonyl (C=O) groups is 1. The Morgan fingerprint density at radius 2 is 1.83 bits per heavy atom. The molecule has 0 radical (unpaired) electrons. The molecular formula is C23H29Cl2N3O6S. The summed E-state index contributed by atoms with van der Waals surface area (Å²) in [6, 6.07) is 10.5. The minimum Gasteiger partial charge on any atom is -0.465 e. The fourth-order valence-electron chi connectivity index (χ4n) is 3.91. The zero-order valence-corrected chi connectivity index (χ0v) is 21.6. The van der Waals surface area contributed by atoms with Gasteiger partial charge in [-0.3, -0.25) is 0 Å². The molecule has 2 aromatic rings. The van der Waals surface area contributed by atoms with Gasteiger partial charge < -0.3 is 24.8 Å². The highest BCUT2D eigenvalue weighted by molar-refractivity contribution is 7.89. The van der Waals surface area contributed by atoms with Crippen LogP contribution >= 0.6 is 23.2 Å². The van der Waals surface area contributed by atoms with Gasteiger partial charge in [0.05, 0.1) is 31.3 Å². The maximum atomic E-state index is 12.8. The van der Waals surface area contributed by atoms with Crippen LogP contribution < -0.4 is 10.0 Å². The number of nitrogens with one attached hydrogen (secondary N) is 2. The van der Waals surface area contributed by atoms with Crippen LogP contribution in [0.25, 0.3) is 0 Å². The molecule has 35 heavy (non-hydrogen) atoms. The van der Waals surface area contributed by atoms with Crippen LogP contribution in [0.15, 0.2) is 41.3 Å². The molecule has 12 heteroatoms. The van der Waals surface area contributed by atoms with E-state index in [-0.39, 0.29) is 50.3 Å². The summed E-state index contributed by atoms with van der Waals surface area (Å²) in [4.78, 5) is 12.6. The van der Waals surface area contributed by atoms with Gasteiger partial charge in [-0.05, 0) is 48.0 Å². The molecule has 1 aliphatic heterocycles. The average Bonchev–Trinajstić information content (AvgIpc) is 2.80. The third-order valence-corrected chi connectivity index (χ3v) is 7.51. The van der Waals surface area contributed by atoms with Crippen LogP contribution in [0.4, 0.5) is 4.79 Å². The number of sulfonamides is 1. The summed E-state index contributed by atoms with van der Waals surface area (Å²) >= 11 is 12.7. The van der Waals surface area contributed by atoms with E-state index in [0.717, 1.165) is 16.7 Å². The molecule has 0 spiro atoms. The zero-order valence-electron chi connectivity index (χ0n) is 19.3. The first-order valence-electron chi connectivity index (χ1n) is 11.1. The summed E-state index contributed by atoms with van der Waals surface area (Å²) < 4.78 is 38.8. The van der Waals surface area contributed by atoms with E-state index < -0.39 is 16.1 Å². The Balaban J connectivity index is 1.56. The average molecular weight is 546 g/mol. The molecule has 0 aliphatic carbocycles. The van der Waals surface area contributed by atoms with Crippen LogP contribution in [-0.2, 0) is 26.0 Å². The van der Waals surface area contributed by atoms with E-state index in [2.05, 4.69) is 14.9 Å². The van der Waals surface area contributed by atoms with Crippen molar-refractivity contribution >= 4 is 39.3 Å². The summed E-state index contributed by atoms with van der Waals surface area (Å²) in [7, 11) is -1.73. The number of hydrogen-bond acceptors (Lipinski definition) is 6. The first-order chi connectivity index (χ1) is 16.7. The molecule has 1 atom stereocenters. The van der Waals surface area contributed by atoms with Gasteiger partial charge in [-0.15, -0.1) is 0 Å². The molecule has 3 N–H and O–H groups in total. The Morgan fingerprint density at radius 1 is 1.11 bits per heavy atom. The molecule has 0 bridgehead atoms. The van der Waals surface area contributed by atoms with E-state index in [1.54, 1.807) is 24.3 Å². The second-order valence-corrected chi connectivity index (χ2v) is 10.7. The molecule has 0 aromatic heterocycles. The number of ether oxygens (including phenoxy) is 2. The summed E-state index contributed by atoms with van der Waals surface area (Å²) in [5, 5.41) is 11.8. The Bertz CT molecular complexity index is 1130. The van der Waals surface area contributed by atoms with Gasteiger partial charge in [0, 0.05) is 42.1 Å². The summed E-state index contributed by atoms with van der Waals surface area (Å²) in [5.41, 5.74) is 2.88. The predicted octanol–water partition coefficient (Wildman–Crippen LogP) is 3.15. The molecule has 1 aliphatic rings. The number of halogens is 2. The Morgan fingerprint density at radius 3 is 2.54 bits per heavy atom. The first-order valence-corrected chi connectivity index (χ1v) is 13.3. The molecular weight excluding hydrogens is 517 g/mol. The molecule has 9 nitrogen and oxygen atoms in total. The number of nitrogens with zero attached hydrogens (tertiary/aromatic N) is 1. The van der Waals surface area contributed by atoms with Crippen LogP contribution in [0.1, 0.15) is 22.6 Å². The van der Waals surface area contributed by atoms with E-state index in [4.69, 9.17) is 37.8 Å². The normalized spacial score (nSPS) is 16.1. The van der Waals surface area contributed by atoms with Crippen molar-refractivity contribution in [3.8, 4) is 0 Å².